The first kappa shape index (κ1) is 12.3. The van der Waals surface area contributed by atoms with Gasteiger partial charge in [-0.1, -0.05) is 19.9 Å². The van der Waals surface area contributed by atoms with E-state index in [0.717, 1.165) is 17.5 Å². The van der Waals surface area contributed by atoms with E-state index in [0.29, 0.717) is 18.4 Å². The van der Waals surface area contributed by atoms with Gasteiger partial charge in [-0.15, -0.1) is 6.58 Å². The van der Waals surface area contributed by atoms with Crippen molar-refractivity contribution in [3.63, 3.8) is 0 Å². The van der Waals surface area contributed by atoms with Crippen molar-refractivity contribution in [1.29, 1.82) is 0 Å². The molecule has 0 radical (unpaired) electrons. The summed E-state index contributed by atoms with van der Waals surface area (Å²) in [6.07, 6.45) is 3.35. The molecule has 2 fully saturated rings. The predicted octanol–water partition coefficient (Wildman–Crippen LogP) is 2.71. The highest BCUT2D eigenvalue weighted by Crippen LogP contribution is 2.70. The molecule has 1 saturated carbocycles. The number of hydrogen-bond donors (Lipinski definition) is 2. The van der Waals surface area contributed by atoms with Crippen LogP contribution in [-0.4, -0.2) is 27.0 Å². The number of epoxide rings is 1. The molecule has 2 aliphatic carbocycles. The maximum Gasteiger partial charge on any atom is 0.198 e. The van der Waals surface area contributed by atoms with Gasteiger partial charge in [0.15, 0.2) is 11.8 Å². The van der Waals surface area contributed by atoms with E-state index in [1.165, 1.54) is 0 Å². The van der Waals surface area contributed by atoms with E-state index in [9.17, 15) is 10.2 Å². The molecule has 108 valence electrons. The van der Waals surface area contributed by atoms with Gasteiger partial charge in [-0.2, -0.15) is 0 Å². The average molecular weight is 275 g/mol. The van der Waals surface area contributed by atoms with E-state index in [1.54, 1.807) is 10.6 Å². The Balaban J connectivity index is 1.80. The number of fused-ring (bicyclic) bond motifs is 8. The Bertz CT molecular complexity index is 550. The Morgan fingerprint density at radius 2 is 1.75 bits per heavy atom. The second kappa shape index (κ2) is 3.82. The molecular formula is C16H21NO3. The maximum atomic E-state index is 10.5. The Morgan fingerprint density at radius 1 is 1.20 bits per heavy atom. The molecular weight excluding hydrogens is 254 g/mol. The molecule has 0 spiro atoms. The highest BCUT2D eigenvalue weighted by atomic mass is 16.6. The Hall–Kier alpha value is -1.42. The Labute approximate surface area is 118 Å². The fourth-order valence-corrected chi connectivity index (χ4v) is 4.61. The van der Waals surface area contributed by atoms with Crippen molar-refractivity contribution in [2.75, 3.05) is 0 Å². The van der Waals surface area contributed by atoms with Gasteiger partial charge in [-0.05, 0) is 18.3 Å². The standard InChI is InChI=1S/C16H21NO3/c1-4-5-17-15(18)11-9-8(6-7(2)3)10(12(11)16(17)19)14-13(9)20-14/h4,7-10,13-14,18-19H,1,5-6H2,2-3H3. The molecule has 4 atom stereocenters. The third-order valence-corrected chi connectivity index (χ3v) is 5.20. The summed E-state index contributed by atoms with van der Waals surface area (Å²) in [5, 5.41) is 20.9. The van der Waals surface area contributed by atoms with Gasteiger partial charge in [0.2, 0.25) is 0 Å². The van der Waals surface area contributed by atoms with Gasteiger partial charge in [0.05, 0.1) is 12.2 Å². The van der Waals surface area contributed by atoms with E-state index in [4.69, 9.17) is 4.74 Å². The number of aromatic hydroxyl groups is 2. The average Bonchev–Trinajstić information content (AvgIpc) is 2.99. The molecule has 20 heavy (non-hydrogen) atoms. The van der Waals surface area contributed by atoms with Crippen LogP contribution in [0.15, 0.2) is 12.7 Å². The minimum absolute atomic E-state index is 0.215. The van der Waals surface area contributed by atoms with E-state index in [1.807, 2.05) is 0 Å². The summed E-state index contributed by atoms with van der Waals surface area (Å²) in [7, 11) is 0. The lowest BCUT2D eigenvalue weighted by atomic mass is 9.85. The van der Waals surface area contributed by atoms with Crippen LogP contribution >= 0.6 is 0 Å². The topological polar surface area (TPSA) is 57.9 Å². The minimum atomic E-state index is 0.215. The lowest BCUT2D eigenvalue weighted by Gasteiger charge is -2.22. The van der Waals surface area contributed by atoms with Gasteiger partial charge in [0.25, 0.3) is 0 Å². The van der Waals surface area contributed by atoms with Crippen molar-refractivity contribution in [1.82, 2.24) is 4.57 Å². The molecule has 4 unspecified atom stereocenters. The number of rotatable bonds is 4. The van der Waals surface area contributed by atoms with Crippen LogP contribution in [0, 0.1) is 11.8 Å². The summed E-state index contributed by atoms with van der Waals surface area (Å²) >= 11 is 0. The zero-order chi connectivity index (χ0) is 14.2. The quantitative estimate of drug-likeness (QED) is 0.656. The molecule has 2 N–H and O–H groups in total. The van der Waals surface area contributed by atoms with Crippen LogP contribution in [-0.2, 0) is 11.3 Å². The summed E-state index contributed by atoms with van der Waals surface area (Å²) in [5.74, 6) is 2.09. The zero-order valence-corrected chi connectivity index (χ0v) is 11.9. The first-order chi connectivity index (χ1) is 9.56. The molecule has 3 aliphatic rings. The van der Waals surface area contributed by atoms with Crippen LogP contribution in [0.2, 0.25) is 0 Å². The second-order valence-electron chi connectivity index (χ2n) is 6.78. The molecule has 1 aliphatic heterocycles. The molecule has 0 aromatic carbocycles. The SMILES string of the molecule is C=CCn1c(O)c2c(c1O)C1C(CC(C)C)C2C2OC21. The molecule has 2 heterocycles. The fourth-order valence-electron chi connectivity index (χ4n) is 4.61. The van der Waals surface area contributed by atoms with Crippen molar-refractivity contribution in [3.8, 4) is 11.8 Å². The summed E-state index contributed by atoms with van der Waals surface area (Å²) in [6.45, 7) is 8.58. The lowest BCUT2D eigenvalue weighted by molar-refractivity contribution is 0.213. The molecule has 0 amide bonds. The number of hydrogen-bond acceptors (Lipinski definition) is 3. The largest absolute Gasteiger partial charge is 0.494 e. The molecule has 4 rings (SSSR count). The predicted molar refractivity (Wildman–Crippen MR) is 75.0 cm³/mol. The van der Waals surface area contributed by atoms with Crippen LogP contribution in [0.3, 0.4) is 0 Å². The first-order valence-corrected chi connectivity index (χ1v) is 7.46. The van der Waals surface area contributed by atoms with Gasteiger partial charge in [-0.3, -0.25) is 4.57 Å². The van der Waals surface area contributed by atoms with Gasteiger partial charge in [-0.25, -0.2) is 0 Å². The van der Waals surface area contributed by atoms with E-state index in [2.05, 4.69) is 20.4 Å². The highest BCUT2D eigenvalue weighted by Gasteiger charge is 2.69. The van der Waals surface area contributed by atoms with Crippen molar-refractivity contribution in [2.24, 2.45) is 11.8 Å². The first-order valence-electron chi connectivity index (χ1n) is 7.46. The molecule has 2 bridgehead atoms. The van der Waals surface area contributed by atoms with Crippen molar-refractivity contribution in [2.45, 2.75) is 50.9 Å². The number of ether oxygens (including phenoxy) is 1. The summed E-state index contributed by atoms with van der Waals surface area (Å²) in [6, 6.07) is 0. The summed E-state index contributed by atoms with van der Waals surface area (Å²) in [4.78, 5) is 0. The fraction of sp³-hybridized carbons (Fsp3) is 0.625. The Kier molecular flexibility index (Phi) is 2.35. The van der Waals surface area contributed by atoms with Crippen LogP contribution in [0.5, 0.6) is 11.8 Å². The molecule has 4 heteroatoms. The zero-order valence-electron chi connectivity index (χ0n) is 11.9. The molecule has 1 saturated heterocycles. The van der Waals surface area contributed by atoms with E-state index in [-0.39, 0.29) is 35.8 Å². The highest BCUT2D eigenvalue weighted by molar-refractivity contribution is 5.59. The van der Waals surface area contributed by atoms with Gasteiger partial charge >= 0.3 is 0 Å². The van der Waals surface area contributed by atoms with Crippen molar-refractivity contribution >= 4 is 0 Å². The normalized spacial score (nSPS) is 36.2. The van der Waals surface area contributed by atoms with Gasteiger partial charge in [0.1, 0.15) is 0 Å². The van der Waals surface area contributed by atoms with E-state index < -0.39 is 0 Å². The molecule has 1 aromatic heterocycles. The summed E-state index contributed by atoms with van der Waals surface area (Å²) < 4.78 is 7.31. The van der Waals surface area contributed by atoms with Crippen LogP contribution in [0.1, 0.15) is 43.2 Å². The lowest BCUT2D eigenvalue weighted by Crippen LogP contribution is -2.14. The van der Waals surface area contributed by atoms with Crippen molar-refractivity contribution in [3.05, 3.63) is 23.8 Å². The van der Waals surface area contributed by atoms with Crippen LogP contribution in [0.25, 0.3) is 0 Å². The minimum Gasteiger partial charge on any atom is -0.494 e. The van der Waals surface area contributed by atoms with Gasteiger partial charge in [0, 0.05) is 29.5 Å². The maximum absolute atomic E-state index is 10.5. The monoisotopic (exact) mass is 275 g/mol. The second-order valence-corrected chi connectivity index (χ2v) is 6.78. The summed E-state index contributed by atoms with van der Waals surface area (Å²) in [5.41, 5.74) is 1.89. The number of nitrogens with zero attached hydrogens (tertiary/aromatic N) is 1. The molecule has 4 nitrogen and oxygen atoms in total. The third-order valence-electron chi connectivity index (χ3n) is 5.20. The third kappa shape index (κ3) is 1.30. The smallest absolute Gasteiger partial charge is 0.198 e. The van der Waals surface area contributed by atoms with E-state index >= 15 is 0 Å². The van der Waals surface area contributed by atoms with Crippen LogP contribution in [0.4, 0.5) is 0 Å². The van der Waals surface area contributed by atoms with Gasteiger partial charge < -0.3 is 14.9 Å². The Morgan fingerprint density at radius 3 is 2.20 bits per heavy atom. The molecule has 1 aromatic rings. The van der Waals surface area contributed by atoms with Crippen LogP contribution < -0.4 is 0 Å². The van der Waals surface area contributed by atoms with Crippen molar-refractivity contribution < 1.29 is 14.9 Å². The number of aromatic nitrogens is 1. The number of allylic oxidation sites excluding steroid dienone is 1.